The summed E-state index contributed by atoms with van der Waals surface area (Å²) in [5.41, 5.74) is 10.9. The van der Waals surface area contributed by atoms with E-state index in [1.807, 2.05) is 6.20 Å². The molecular weight excluding hydrogens is 206 g/mol. The van der Waals surface area contributed by atoms with Gasteiger partial charge in [-0.1, -0.05) is 0 Å². The number of hydrogen-bond donors (Lipinski definition) is 5. The number of rotatable bonds is 10. The Bertz CT molecular complexity index is 177. The smallest absolute Gasteiger partial charge is 0.125 e. The minimum atomic E-state index is -0.614. The summed E-state index contributed by atoms with van der Waals surface area (Å²) in [5, 5.41) is 15.2. The molecule has 0 heterocycles. The molecule has 0 saturated heterocycles. The van der Waals surface area contributed by atoms with Crippen molar-refractivity contribution in [3.63, 3.8) is 0 Å². The summed E-state index contributed by atoms with van der Waals surface area (Å²) in [7, 11) is 1.70. The fraction of sp³-hybridized carbons (Fsp3) is 0.800. The second kappa shape index (κ2) is 10.8. The quantitative estimate of drug-likeness (QED) is 0.217. The predicted molar refractivity (Wildman–Crippen MR) is 66.8 cm³/mol. The molecule has 1 unspecified atom stereocenters. The zero-order chi connectivity index (χ0) is 12.2. The van der Waals surface area contributed by atoms with E-state index < -0.39 is 6.23 Å². The first-order valence-electron chi connectivity index (χ1n) is 5.63. The highest BCUT2D eigenvalue weighted by Crippen LogP contribution is 1.90. The number of nitrogens with one attached hydrogen (secondary N) is 2. The Morgan fingerprint density at radius 2 is 2.00 bits per heavy atom. The van der Waals surface area contributed by atoms with Gasteiger partial charge in [0.25, 0.3) is 0 Å². The van der Waals surface area contributed by atoms with Crippen molar-refractivity contribution in [3.05, 3.63) is 12.3 Å². The van der Waals surface area contributed by atoms with Crippen LogP contribution in [0.3, 0.4) is 0 Å². The van der Waals surface area contributed by atoms with Gasteiger partial charge in [0, 0.05) is 39.3 Å². The molecule has 0 aliphatic rings. The SMILES string of the molecule is CNC(O)/C=C/N(CCN)CCNCCN. The summed E-state index contributed by atoms with van der Waals surface area (Å²) in [6.45, 7) is 4.54. The molecule has 96 valence electrons. The fourth-order valence-electron chi connectivity index (χ4n) is 1.18. The molecule has 0 aliphatic carbocycles. The van der Waals surface area contributed by atoms with Crippen LogP contribution in [0.4, 0.5) is 0 Å². The molecule has 0 bridgehead atoms. The minimum absolute atomic E-state index is 0.594. The van der Waals surface area contributed by atoms with Gasteiger partial charge in [-0.15, -0.1) is 0 Å². The predicted octanol–water partition coefficient (Wildman–Crippen LogP) is -2.15. The van der Waals surface area contributed by atoms with E-state index >= 15 is 0 Å². The fourth-order valence-corrected chi connectivity index (χ4v) is 1.18. The Morgan fingerprint density at radius 1 is 1.25 bits per heavy atom. The van der Waals surface area contributed by atoms with Gasteiger partial charge in [-0.3, -0.25) is 5.32 Å². The number of hydrogen-bond acceptors (Lipinski definition) is 6. The molecule has 6 heteroatoms. The number of likely N-dealkylation sites (N-methyl/N-ethyl adjacent to an activating group) is 1. The van der Waals surface area contributed by atoms with Crippen LogP contribution in [0.15, 0.2) is 12.3 Å². The third-order valence-electron chi connectivity index (χ3n) is 2.09. The van der Waals surface area contributed by atoms with E-state index in [1.165, 1.54) is 0 Å². The van der Waals surface area contributed by atoms with Crippen molar-refractivity contribution in [2.45, 2.75) is 6.23 Å². The molecule has 0 fully saturated rings. The van der Waals surface area contributed by atoms with Gasteiger partial charge in [0.05, 0.1) is 0 Å². The second-order valence-corrected chi connectivity index (χ2v) is 3.44. The average molecular weight is 231 g/mol. The lowest BCUT2D eigenvalue weighted by atomic mass is 10.4. The van der Waals surface area contributed by atoms with Gasteiger partial charge in [0.2, 0.25) is 0 Å². The van der Waals surface area contributed by atoms with Gasteiger partial charge in [-0.25, -0.2) is 0 Å². The molecule has 0 aromatic carbocycles. The number of aliphatic hydroxyl groups is 1. The Morgan fingerprint density at radius 3 is 2.56 bits per heavy atom. The van der Waals surface area contributed by atoms with Crippen molar-refractivity contribution in [2.24, 2.45) is 11.5 Å². The van der Waals surface area contributed by atoms with Crippen molar-refractivity contribution in [3.8, 4) is 0 Å². The van der Waals surface area contributed by atoms with Gasteiger partial charge in [0.1, 0.15) is 6.23 Å². The normalized spacial score (nSPS) is 13.2. The lowest BCUT2D eigenvalue weighted by Crippen LogP contribution is -2.34. The molecule has 0 aromatic heterocycles. The zero-order valence-corrected chi connectivity index (χ0v) is 10.0. The summed E-state index contributed by atoms with van der Waals surface area (Å²) in [5.74, 6) is 0. The summed E-state index contributed by atoms with van der Waals surface area (Å²) >= 11 is 0. The summed E-state index contributed by atoms with van der Waals surface area (Å²) in [6.07, 6.45) is 2.94. The molecule has 0 radical (unpaired) electrons. The molecule has 0 rings (SSSR count). The monoisotopic (exact) mass is 231 g/mol. The van der Waals surface area contributed by atoms with E-state index in [0.29, 0.717) is 13.1 Å². The summed E-state index contributed by atoms with van der Waals surface area (Å²) in [6, 6.07) is 0. The van der Waals surface area contributed by atoms with Crippen molar-refractivity contribution in [1.82, 2.24) is 15.5 Å². The number of nitrogens with two attached hydrogens (primary N) is 2. The van der Waals surface area contributed by atoms with Crippen LogP contribution in [0.5, 0.6) is 0 Å². The third-order valence-corrected chi connectivity index (χ3v) is 2.09. The standard InChI is InChI=1S/C10H25N5O/c1-13-10(16)2-7-15(8-4-12)9-6-14-5-3-11/h2,7,10,13-14,16H,3-6,8-9,11-12H2,1H3/b7-2+. The van der Waals surface area contributed by atoms with Crippen molar-refractivity contribution >= 4 is 0 Å². The van der Waals surface area contributed by atoms with Gasteiger partial charge in [-0.2, -0.15) is 0 Å². The molecule has 0 saturated carbocycles. The summed E-state index contributed by atoms with van der Waals surface area (Å²) < 4.78 is 0. The van der Waals surface area contributed by atoms with Crippen LogP contribution in [-0.2, 0) is 0 Å². The van der Waals surface area contributed by atoms with Crippen LogP contribution >= 0.6 is 0 Å². The third kappa shape index (κ3) is 8.63. The van der Waals surface area contributed by atoms with Crippen LogP contribution < -0.4 is 22.1 Å². The van der Waals surface area contributed by atoms with E-state index in [2.05, 4.69) is 15.5 Å². The largest absolute Gasteiger partial charge is 0.375 e. The van der Waals surface area contributed by atoms with Gasteiger partial charge < -0.3 is 26.8 Å². The molecule has 7 N–H and O–H groups in total. The van der Waals surface area contributed by atoms with Crippen LogP contribution in [-0.4, -0.2) is 62.6 Å². The lowest BCUT2D eigenvalue weighted by molar-refractivity contribution is 0.193. The van der Waals surface area contributed by atoms with Crippen LogP contribution in [0, 0.1) is 0 Å². The molecule has 6 nitrogen and oxygen atoms in total. The Hall–Kier alpha value is -0.660. The topological polar surface area (TPSA) is 99.6 Å². The molecule has 0 amide bonds. The van der Waals surface area contributed by atoms with Crippen LogP contribution in [0.2, 0.25) is 0 Å². The van der Waals surface area contributed by atoms with Gasteiger partial charge in [-0.05, 0) is 19.3 Å². The highest BCUT2D eigenvalue weighted by atomic mass is 16.3. The van der Waals surface area contributed by atoms with Crippen LogP contribution in [0.1, 0.15) is 0 Å². The number of aliphatic hydroxyl groups excluding tert-OH is 1. The van der Waals surface area contributed by atoms with E-state index in [4.69, 9.17) is 11.5 Å². The molecule has 0 spiro atoms. The first-order chi connectivity index (χ1) is 7.74. The van der Waals surface area contributed by atoms with Gasteiger partial charge in [0.15, 0.2) is 0 Å². The number of nitrogens with zero attached hydrogens (tertiary/aromatic N) is 1. The maximum Gasteiger partial charge on any atom is 0.125 e. The Kier molecular flexibility index (Phi) is 10.4. The molecule has 0 aromatic rings. The first-order valence-corrected chi connectivity index (χ1v) is 5.63. The second-order valence-electron chi connectivity index (χ2n) is 3.44. The van der Waals surface area contributed by atoms with E-state index in [1.54, 1.807) is 13.1 Å². The molecule has 16 heavy (non-hydrogen) atoms. The van der Waals surface area contributed by atoms with Gasteiger partial charge >= 0.3 is 0 Å². The van der Waals surface area contributed by atoms with E-state index in [9.17, 15) is 5.11 Å². The molecule has 0 aliphatic heterocycles. The summed E-state index contributed by atoms with van der Waals surface area (Å²) in [4.78, 5) is 2.06. The average Bonchev–Trinajstić information content (AvgIpc) is 2.30. The Labute approximate surface area is 97.7 Å². The van der Waals surface area contributed by atoms with Crippen molar-refractivity contribution in [2.75, 3.05) is 46.3 Å². The highest BCUT2D eigenvalue weighted by Gasteiger charge is 1.98. The lowest BCUT2D eigenvalue weighted by Gasteiger charge is -2.20. The van der Waals surface area contributed by atoms with Crippen molar-refractivity contribution < 1.29 is 5.11 Å². The minimum Gasteiger partial charge on any atom is -0.375 e. The van der Waals surface area contributed by atoms with E-state index in [0.717, 1.165) is 26.2 Å². The van der Waals surface area contributed by atoms with E-state index in [-0.39, 0.29) is 0 Å². The maximum atomic E-state index is 9.30. The molecule has 1 atom stereocenters. The Balaban J connectivity index is 3.82. The maximum absolute atomic E-state index is 9.30. The molecular formula is C10H25N5O. The zero-order valence-electron chi connectivity index (χ0n) is 10.0. The van der Waals surface area contributed by atoms with Crippen LogP contribution in [0.25, 0.3) is 0 Å². The first kappa shape index (κ1) is 15.3. The van der Waals surface area contributed by atoms with Crippen molar-refractivity contribution in [1.29, 1.82) is 0 Å². The highest BCUT2D eigenvalue weighted by molar-refractivity contribution is 4.87.